The standard InChI is InChI=1S/C9H16NO/c1-5-10-6-2-9(1)3-7-11-8-4-9/h3,10H,1-2,4-8H2. The van der Waals surface area contributed by atoms with Crippen LogP contribution in [-0.2, 0) is 4.74 Å². The Morgan fingerprint density at radius 3 is 2.64 bits per heavy atom. The minimum absolute atomic E-state index is 0.545. The van der Waals surface area contributed by atoms with Gasteiger partial charge in [-0.05, 0) is 44.2 Å². The van der Waals surface area contributed by atoms with Crippen LogP contribution >= 0.6 is 0 Å². The maximum Gasteiger partial charge on any atom is 0.0503 e. The lowest BCUT2D eigenvalue weighted by molar-refractivity contribution is 0.0456. The second-order valence-corrected chi connectivity index (χ2v) is 3.64. The van der Waals surface area contributed by atoms with E-state index in [0.717, 1.165) is 13.2 Å². The molecule has 11 heavy (non-hydrogen) atoms. The predicted molar refractivity (Wildman–Crippen MR) is 44.3 cm³/mol. The molecule has 0 aromatic carbocycles. The van der Waals surface area contributed by atoms with E-state index in [9.17, 15) is 0 Å². The Morgan fingerprint density at radius 1 is 1.18 bits per heavy atom. The van der Waals surface area contributed by atoms with Gasteiger partial charge in [0.15, 0.2) is 0 Å². The number of rotatable bonds is 0. The molecule has 2 rings (SSSR count). The summed E-state index contributed by atoms with van der Waals surface area (Å²) in [4.78, 5) is 0. The van der Waals surface area contributed by atoms with Crippen LogP contribution < -0.4 is 5.32 Å². The molecule has 2 fully saturated rings. The van der Waals surface area contributed by atoms with E-state index in [1.54, 1.807) is 0 Å². The number of nitrogens with one attached hydrogen (secondary N) is 1. The predicted octanol–water partition coefficient (Wildman–Crippen LogP) is 0.981. The molecule has 2 heteroatoms. The smallest absolute Gasteiger partial charge is 0.0503 e. The number of hydrogen-bond acceptors (Lipinski definition) is 2. The van der Waals surface area contributed by atoms with Gasteiger partial charge in [-0.3, -0.25) is 0 Å². The Morgan fingerprint density at radius 2 is 2.00 bits per heavy atom. The zero-order valence-corrected chi connectivity index (χ0v) is 6.94. The van der Waals surface area contributed by atoms with Gasteiger partial charge in [0.1, 0.15) is 0 Å². The van der Waals surface area contributed by atoms with E-state index in [0.29, 0.717) is 5.41 Å². The van der Waals surface area contributed by atoms with Gasteiger partial charge in [0, 0.05) is 6.61 Å². The van der Waals surface area contributed by atoms with Gasteiger partial charge < -0.3 is 10.1 Å². The van der Waals surface area contributed by atoms with E-state index in [1.165, 1.54) is 32.4 Å². The maximum atomic E-state index is 5.32. The van der Waals surface area contributed by atoms with Crippen LogP contribution in [0.4, 0.5) is 0 Å². The average Bonchev–Trinajstić information content (AvgIpc) is 2.07. The van der Waals surface area contributed by atoms with Crippen LogP contribution in [0.2, 0.25) is 0 Å². The first-order valence-electron chi connectivity index (χ1n) is 4.54. The molecule has 1 N–H and O–H groups in total. The van der Waals surface area contributed by atoms with Crippen molar-refractivity contribution in [1.29, 1.82) is 0 Å². The molecule has 0 aromatic rings. The summed E-state index contributed by atoms with van der Waals surface area (Å²) in [6.07, 6.45) is 6.26. The highest BCUT2D eigenvalue weighted by atomic mass is 16.5. The first kappa shape index (κ1) is 7.56. The Bertz CT molecular complexity index is 104. The Kier molecular flexibility index (Phi) is 2.14. The van der Waals surface area contributed by atoms with Crippen molar-refractivity contribution in [3.8, 4) is 0 Å². The summed E-state index contributed by atoms with van der Waals surface area (Å²) >= 11 is 0. The van der Waals surface area contributed by atoms with E-state index in [-0.39, 0.29) is 0 Å². The molecule has 2 aliphatic rings. The van der Waals surface area contributed by atoms with Crippen molar-refractivity contribution < 1.29 is 4.74 Å². The van der Waals surface area contributed by atoms with Gasteiger partial charge in [0.05, 0.1) is 6.61 Å². The van der Waals surface area contributed by atoms with Crippen LogP contribution in [0.15, 0.2) is 0 Å². The lowest BCUT2D eigenvalue weighted by atomic mass is 9.73. The van der Waals surface area contributed by atoms with Gasteiger partial charge in [-0.25, -0.2) is 0 Å². The fourth-order valence-corrected chi connectivity index (χ4v) is 2.08. The minimum Gasteiger partial charge on any atom is -0.381 e. The summed E-state index contributed by atoms with van der Waals surface area (Å²) in [5.41, 5.74) is 0.545. The van der Waals surface area contributed by atoms with Crippen LogP contribution in [0.1, 0.15) is 19.3 Å². The SMILES string of the molecule is [CH]1COCCC12CCNCC2. The van der Waals surface area contributed by atoms with Crippen molar-refractivity contribution in [2.45, 2.75) is 19.3 Å². The van der Waals surface area contributed by atoms with E-state index >= 15 is 0 Å². The van der Waals surface area contributed by atoms with E-state index < -0.39 is 0 Å². The van der Waals surface area contributed by atoms with Crippen LogP contribution in [-0.4, -0.2) is 26.3 Å². The van der Waals surface area contributed by atoms with E-state index in [1.807, 2.05) is 0 Å². The third kappa shape index (κ3) is 1.57. The first-order valence-corrected chi connectivity index (χ1v) is 4.54. The van der Waals surface area contributed by atoms with Gasteiger partial charge in [0.25, 0.3) is 0 Å². The van der Waals surface area contributed by atoms with Crippen molar-refractivity contribution >= 4 is 0 Å². The molecule has 2 nitrogen and oxygen atoms in total. The van der Waals surface area contributed by atoms with Gasteiger partial charge in [-0.15, -0.1) is 0 Å². The second-order valence-electron chi connectivity index (χ2n) is 3.64. The van der Waals surface area contributed by atoms with Crippen molar-refractivity contribution in [2.75, 3.05) is 26.3 Å². The Hall–Kier alpha value is -0.0800. The second kappa shape index (κ2) is 3.11. The fraction of sp³-hybridized carbons (Fsp3) is 0.889. The quantitative estimate of drug-likeness (QED) is 0.561. The number of ether oxygens (including phenoxy) is 1. The zero-order valence-electron chi connectivity index (χ0n) is 6.94. The summed E-state index contributed by atoms with van der Waals surface area (Å²) in [5.74, 6) is 0. The molecule has 0 saturated carbocycles. The van der Waals surface area contributed by atoms with Gasteiger partial charge in [0.2, 0.25) is 0 Å². The molecule has 63 valence electrons. The molecule has 1 radical (unpaired) electrons. The molecule has 0 unspecified atom stereocenters. The molecule has 0 aliphatic carbocycles. The minimum atomic E-state index is 0.545. The monoisotopic (exact) mass is 154 g/mol. The summed E-state index contributed by atoms with van der Waals surface area (Å²) in [6, 6.07) is 0. The molecule has 2 aliphatic heterocycles. The third-order valence-corrected chi connectivity index (χ3v) is 2.98. The topological polar surface area (TPSA) is 21.3 Å². The van der Waals surface area contributed by atoms with Crippen molar-refractivity contribution in [1.82, 2.24) is 5.32 Å². The van der Waals surface area contributed by atoms with Crippen molar-refractivity contribution in [3.05, 3.63) is 6.42 Å². The normalized spacial score (nSPS) is 30.5. The van der Waals surface area contributed by atoms with E-state index in [4.69, 9.17) is 4.74 Å². The highest BCUT2D eigenvalue weighted by Gasteiger charge is 2.33. The van der Waals surface area contributed by atoms with Crippen molar-refractivity contribution in [3.63, 3.8) is 0 Å². The van der Waals surface area contributed by atoms with E-state index in [2.05, 4.69) is 11.7 Å². The molecular formula is C9H16NO. The molecular weight excluding hydrogens is 138 g/mol. The van der Waals surface area contributed by atoms with Gasteiger partial charge in [-0.1, -0.05) is 0 Å². The van der Waals surface area contributed by atoms with Gasteiger partial charge in [-0.2, -0.15) is 0 Å². The Balaban J connectivity index is 1.94. The molecule has 0 aromatic heterocycles. The van der Waals surface area contributed by atoms with Crippen LogP contribution in [0.3, 0.4) is 0 Å². The number of hydrogen-bond donors (Lipinski definition) is 1. The largest absolute Gasteiger partial charge is 0.381 e. The molecule has 1 spiro atoms. The zero-order chi connectivity index (χ0) is 7.57. The summed E-state index contributed by atoms with van der Waals surface area (Å²) < 4.78 is 5.32. The molecule has 0 amide bonds. The average molecular weight is 154 g/mol. The fourth-order valence-electron chi connectivity index (χ4n) is 2.08. The molecule has 2 heterocycles. The van der Waals surface area contributed by atoms with Crippen LogP contribution in [0.25, 0.3) is 0 Å². The highest BCUT2D eigenvalue weighted by Crippen LogP contribution is 2.37. The Labute approximate surface area is 68.3 Å². The lowest BCUT2D eigenvalue weighted by Crippen LogP contribution is -2.40. The number of piperidine rings is 1. The van der Waals surface area contributed by atoms with Crippen LogP contribution in [0, 0.1) is 11.8 Å². The first-order chi connectivity index (χ1) is 5.41. The van der Waals surface area contributed by atoms with Gasteiger partial charge >= 0.3 is 0 Å². The highest BCUT2D eigenvalue weighted by molar-refractivity contribution is 4.97. The summed E-state index contributed by atoms with van der Waals surface area (Å²) in [7, 11) is 0. The van der Waals surface area contributed by atoms with Crippen LogP contribution in [0.5, 0.6) is 0 Å². The summed E-state index contributed by atoms with van der Waals surface area (Å²) in [6.45, 7) is 4.23. The van der Waals surface area contributed by atoms with Crippen molar-refractivity contribution in [2.24, 2.45) is 5.41 Å². The lowest BCUT2D eigenvalue weighted by Gasteiger charge is -2.40. The molecule has 0 bridgehead atoms. The third-order valence-electron chi connectivity index (χ3n) is 2.98. The summed E-state index contributed by atoms with van der Waals surface area (Å²) in [5, 5.41) is 3.40. The molecule has 0 atom stereocenters. The molecule has 2 saturated heterocycles. The maximum absolute atomic E-state index is 5.32.